The van der Waals surface area contributed by atoms with Gasteiger partial charge >= 0.3 is 0 Å². The summed E-state index contributed by atoms with van der Waals surface area (Å²) < 4.78 is 0. The average molecular weight is 188 g/mol. The van der Waals surface area contributed by atoms with Gasteiger partial charge in [0.2, 0.25) is 0 Å². The highest BCUT2D eigenvalue weighted by Gasteiger charge is 2.13. The fraction of sp³-hybridized carbons (Fsp3) is 0.385. The van der Waals surface area contributed by atoms with Gasteiger partial charge in [-0.05, 0) is 37.3 Å². The van der Waals surface area contributed by atoms with Crippen molar-refractivity contribution in [3.8, 4) is 0 Å². The van der Waals surface area contributed by atoms with Crippen LogP contribution in [-0.2, 0) is 0 Å². The summed E-state index contributed by atoms with van der Waals surface area (Å²) in [5.74, 6) is 0. The summed E-state index contributed by atoms with van der Waals surface area (Å²) in [6, 6.07) is 8.48. The predicted octanol–water partition coefficient (Wildman–Crippen LogP) is 2.92. The molecular formula is C13H16O. The number of aliphatic hydroxyl groups excluding tert-OH is 1. The average Bonchev–Trinajstić information content (AvgIpc) is 2.18. The summed E-state index contributed by atoms with van der Waals surface area (Å²) in [4.78, 5) is 0. The molecule has 1 aliphatic carbocycles. The molecule has 14 heavy (non-hydrogen) atoms. The summed E-state index contributed by atoms with van der Waals surface area (Å²) in [6.07, 6.45) is 4.83. The second-order valence-corrected chi connectivity index (χ2v) is 4.03. The smallest absolute Gasteiger partial charge is 0.0583 e. The Bertz CT molecular complexity index is 352. The fourth-order valence-corrected chi connectivity index (χ4v) is 1.97. The Morgan fingerprint density at radius 3 is 2.93 bits per heavy atom. The molecule has 1 nitrogen and oxygen atoms in total. The van der Waals surface area contributed by atoms with Gasteiger partial charge in [-0.3, -0.25) is 0 Å². The van der Waals surface area contributed by atoms with Gasteiger partial charge in [-0.15, -0.1) is 0 Å². The number of aliphatic hydroxyl groups is 1. The third kappa shape index (κ3) is 2.05. The van der Waals surface area contributed by atoms with E-state index in [1.54, 1.807) is 0 Å². The van der Waals surface area contributed by atoms with Gasteiger partial charge in [0.25, 0.3) is 0 Å². The molecule has 0 radical (unpaired) electrons. The Balaban J connectivity index is 2.26. The van der Waals surface area contributed by atoms with Crippen molar-refractivity contribution in [2.45, 2.75) is 32.3 Å². The van der Waals surface area contributed by atoms with Crippen molar-refractivity contribution < 1.29 is 5.11 Å². The highest BCUT2D eigenvalue weighted by atomic mass is 16.3. The van der Waals surface area contributed by atoms with Gasteiger partial charge in [0, 0.05) is 0 Å². The number of aryl methyl sites for hydroxylation is 1. The SMILES string of the molecule is Cc1cccc(C2=CCCC(O)C2)c1. The van der Waals surface area contributed by atoms with Gasteiger partial charge < -0.3 is 5.11 Å². The van der Waals surface area contributed by atoms with Crippen LogP contribution in [0.4, 0.5) is 0 Å². The van der Waals surface area contributed by atoms with E-state index in [9.17, 15) is 5.11 Å². The summed E-state index contributed by atoms with van der Waals surface area (Å²) >= 11 is 0. The monoisotopic (exact) mass is 188 g/mol. The molecular weight excluding hydrogens is 172 g/mol. The van der Waals surface area contributed by atoms with Crippen molar-refractivity contribution in [2.75, 3.05) is 0 Å². The van der Waals surface area contributed by atoms with Crippen molar-refractivity contribution in [3.05, 3.63) is 41.5 Å². The number of hydrogen-bond donors (Lipinski definition) is 1. The summed E-state index contributed by atoms with van der Waals surface area (Å²) in [6.45, 7) is 2.10. The Kier molecular flexibility index (Phi) is 2.69. The minimum absolute atomic E-state index is 0.143. The van der Waals surface area contributed by atoms with Gasteiger partial charge in [0.15, 0.2) is 0 Å². The van der Waals surface area contributed by atoms with Gasteiger partial charge in [0.05, 0.1) is 6.10 Å². The van der Waals surface area contributed by atoms with Crippen LogP contribution in [0.25, 0.3) is 5.57 Å². The maximum Gasteiger partial charge on any atom is 0.0583 e. The molecule has 2 rings (SSSR count). The van der Waals surface area contributed by atoms with Crippen LogP contribution < -0.4 is 0 Å². The lowest BCUT2D eigenvalue weighted by atomic mass is 9.91. The normalized spacial score (nSPS) is 21.9. The molecule has 0 saturated heterocycles. The van der Waals surface area contributed by atoms with Crippen LogP contribution in [0.15, 0.2) is 30.3 Å². The number of allylic oxidation sites excluding steroid dienone is 1. The first-order valence-electron chi connectivity index (χ1n) is 5.20. The molecule has 0 saturated carbocycles. The lowest BCUT2D eigenvalue weighted by Crippen LogP contribution is -2.10. The molecule has 1 heteroatoms. The molecule has 1 N–H and O–H groups in total. The molecule has 0 heterocycles. The maximum atomic E-state index is 9.57. The van der Waals surface area contributed by atoms with Crippen LogP contribution in [0.5, 0.6) is 0 Å². The van der Waals surface area contributed by atoms with Crippen LogP contribution in [-0.4, -0.2) is 11.2 Å². The molecule has 1 unspecified atom stereocenters. The molecule has 0 fully saturated rings. The summed E-state index contributed by atoms with van der Waals surface area (Å²) in [7, 11) is 0. The summed E-state index contributed by atoms with van der Waals surface area (Å²) in [5.41, 5.74) is 3.85. The van der Waals surface area contributed by atoms with Crippen molar-refractivity contribution in [1.29, 1.82) is 0 Å². The lowest BCUT2D eigenvalue weighted by Gasteiger charge is -2.18. The van der Waals surface area contributed by atoms with Gasteiger partial charge in [-0.1, -0.05) is 35.9 Å². The number of hydrogen-bond acceptors (Lipinski definition) is 1. The third-order valence-electron chi connectivity index (χ3n) is 2.74. The zero-order chi connectivity index (χ0) is 9.97. The molecule has 1 atom stereocenters. The van der Waals surface area contributed by atoms with Crippen molar-refractivity contribution in [3.63, 3.8) is 0 Å². The summed E-state index contributed by atoms with van der Waals surface area (Å²) in [5, 5.41) is 9.57. The minimum Gasteiger partial charge on any atom is -0.393 e. The van der Waals surface area contributed by atoms with E-state index in [1.807, 2.05) is 0 Å². The van der Waals surface area contributed by atoms with Crippen LogP contribution >= 0.6 is 0 Å². The largest absolute Gasteiger partial charge is 0.393 e. The molecule has 1 aromatic carbocycles. The number of rotatable bonds is 1. The Morgan fingerprint density at radius 1 is 1.36 bits per heavy atom. The molecule has 0 amide bonds. The van der Waals surface area contributed by atoms with Gasteiger partial charge in [0.1, 0.15) is 0 Å². The zero-order valence-corrected chi connectivity index (χ0v) is 8.53. The predicted molar refractivity (Wildman–Crippen MR) is 59.0 cm³/mol. The highest BCUT2D eigenvalue weighted by molar-refractivity contribution is 5.67. The van der Waals surface area contributed by atoms with E-state index in [2.05, 4.69) is 37.3 Å². The van der Waals surface area contributed by atoms with E-state index in [-0.39, 0.29) is 6.10 Å². The standard InChI is InChI=1S/C13H16O/c1-10-4-2-5-11(8-10)12-6-3-7-13(14)9-12/h2,4-6,8,13-14H,3,7,9H2,1H3. The van der Waals surface area contributed by atoms with Gasteiger partial charge in [-0.25, -0.2) is 0 Å². The number of benzene rings is 1. The van der Waals surface area contributed by atoms with Gasteiger partial charge in [-0.2, -0.15) is 0 Å². The van der Waals surface area contributed by atoms with Crippen LogP contribution in [0.3, 0.4) is 0 Å². The van der Waals surface area contributed by atoms with Crippen molar-refractivity contribution in [2.24, 2.45) is 0 Å². The minimum atomic E-state index is -0.143. The molecule has 0 aliphatic heterocycles. The lowest BCUT2D eigenvalue weighted by molar-refractivity contribution is 0.167. The zero-order valence-electron chi connectivity index (χ0n) is 8.53. The quantitative estimate of drug-likeness (QED) is 0.718. The Labute approximate surface area is 85.1 Å². The topological polar surface area (TPSA) is 20.2 Å². The highest BCUT2D eigenvalue weighted by Crippen LogP contribution is 2.27. The van der Waals surface area contributed by atoms with E-state index in [1.165, 1.54) is 16.7 Å². The molecule has 0 aromatic heterocycles. The molecule has 0 bridgehead atoms. The third-order valence-corrected chi connectivity index (χ3v) is 2.74. The van der Waals surface area contributed by atoms with E-state index in [0.29, 0.717) is 0 Å². The molecule has 1 aromatic rings. The first kappa shape index (κ1) is 9.47. The fourth-order valence-electron chi connectivity index (χ4n) is 1.97. The molecule has 1 aliphatic rings. The first-order chi connectivity index (χ1) is 6.75. The van der Waals surface area contributed by atoms with E-state index >= 15 is 0 Å². The van der Waals surface area contributed by atoms with Crippen LogP contribution in [0.2, 0.25) is 0 Å². The van der Waals surface area contributed by atoms with E-state index in [4.69, 9.17) is 0 Å². The van der Waals surface area contributed by atoms with Crippen molar-refractivity contribution in [1.82, 2.24) is 0 Å². The second kappa shape index (κ2) is 3.97. The van der Waals surface area contributed by atoms with Crippen LogP contribution in [0, 0.1) is 6.92 Å². The Hall–Kier alpha value is -1.08. The molecule has 74 valence electrons. The van der Waals surface area contributed by atoms with Crippen LogP contribution in [0.1, 0.15) is 30.4 Å². The van der Waals surface area contributed by atoms with E-state index in [0.717, 1.165) is 19.3 Å². The maximum absolute atomic E-state index is 9.57. The second-order valence-electron chi connectivity index (χ2n) is 4.03. The molecule has 0 spiro atoms. The van der Waals surface area contributed by atoms with Crippen molar-refractivity contribution >= 4 is 5.57 Å². The van der Waals surface area contributed by atoms with E-state index < -0.39 is 0 Å². The Morgan fingerprint density at radius 2 is 2.21 bits per heavy atom. The first-order valence-corrected chi connectivity index (χ1v) is 5.20.